The topological polar surface area (TPSA) is 46.0 Å². The summed E-state index contributed by atoms with van der Waals surface area (Å²) in [6, 6.07) is 3.57. The number of aromatic nitrogens is 2. The van der Waals surface area contributed by atoms with Gasteiger partial charge >= 0.3 is 0 Å². The average molecular weight is 188 g/mol. The highest BCUT2D eigenvalue weighted by molar-refractivity contribution is 5.83. The molecular formula is C11H12N2O. The molecule has 0 fully saturated rings. The predicted octanol–water partition coefficient (Wildman–Crippen LogP) is 2.46. The molecule has 0 bridgehead atoms. The first-order valence-electron chi connectivity index (χ1n) is 4.62. The molecule has 72 valence electrons. The number of benzene rings is 1. The first-order valence-corrected chi connectivity index (χ1v) is 4.62. The van der Waals surface area contributed by atoms with Crippen molar-refractivity contribution in [2.24, 2.45) is 0 Å². The van der Waals surface area contributed by atoms with Crippen molar-refractivity contribution in [1.29, 1.82) is 0 Å². The summed E-state index contributed by atoms with van der Waals surface area (Å²) in [5, 5.41) is 9.57. The molecule has 1 aromatic carbocycles. The summed E-state index contributed by atoms with van der Waals surface area (Å²) in [5.41, 5.74) is 2.49. The maximum Gasteiger partial charge on any atom is 0.143 e. The van der Waals surface area contributed by atoms with E-state index >= 15 is 0 Å². The van der Waals surface area contributed by atoms with Crippen LogP contribution in [0.5, 0.6) is 5.75 Å². The Kier molecular flexibility index (Phi) is 2.08. The van der Waals surface area contributed by atoms with Gasteiger partial charge in [0, 0.05) is 12.4 Å². The fraction of sp³-hybridized carbons (Fsp3) is 0.273. The minimum absolute atomic E-state index is 0.192. The second-order valence-electron chi connectivity index (χ2n) is 3.58. The van der Waals surface area contributed by atoms with E-state index in [-0.39, 0.29) is 5.75 Å². The summed E-state index contributed by atoms with van der Waals surface area (Å²) in [7, 11) is 0. The van der Waals surface area contributed by atoms with Gasteiger partial charge in [0.25, 0.3) is 0 Å². The van der Waals surface area contributed by atoms with Gasteiger partial charge in [0.05, 0.1) is 5.52 Å². The Morgan fingerprint density at radius 1 is 1.07 bits per heavy atom. The van der Waals surface area contributed by atoms with Crippen LogP contribution in [0.15, 0.2) is 24.5 Å². The molecule has 1 N–H and O–H groups in total. The van der Waals surface area contributed by atoms with Crippen LogP contribution in [-0.2, 0) is 0 Å². The maximum absolute atomic E-state index is 9.57. The van der Waals surface area contributed by atoms with E-state index in [1.807, 2.05) is 6.07 Å². The standard InChI is InChI=1S/C11H12N2O/c1-7(2)8-3-4-9(14)11-10(8)12-5-6-13-11/h3-7,14H,1-2H3. The zero-order valence-corrected chi connectivity index (χ0v) is 8.23. The smallest absolute Gasteiger partial charge is 0.143 e. The monoisotopic (exact) mass is 188 g/mol. The van der Waals surface area contributed by atoms with Crippen molar-refractivity contribution >= 4 is 11.0 Å². The molecule has 3 heteroatoms. The molecule has 0 amide bonds. The summed E-state index contributed by atoms with van der Waals surface area (Å²) in [4.78, 5) is 8.35. The van der Waals surface area contributed by atoms with Crippen molar-refractivity contribution in [3.63, 3.8) is 0 Å². The molecule has 2 aromatic rings. The molecule has 1 aromatic heterocycles. The SMILES string of the molecule is CC(C)c1ccc(O)c2nccnc12. The lowest BCUT2D eigenvalue weighted by atomic mass is 10.0. The van der Waals surface area contributed by atoms with Crippen molar-refractivity contribution in [3.8, 4) is 5.75 Å². The zero-order valence-electron chi connectivity index (χ0n) is 8.23. The van der Waals surface area contributed by atoms with Crippen LogP contribution >= 0.6 is 0 Å². The van der Waals surface area contributed by atoms with Gasteiger partial charge in [-0.1, -0.05) is 19.9 Å². The molecule has 0 radical (unpaired) electrons. The molecule has 14 heavy (non-hydrogen) atoms. The van der Waals surface area contributed by atoms with E-state index in [4.69, 9.17) is 0 Å². The number of phenolic OH excluding ortho intramolecular Hbond substituents is 1. The number of rotatable bonds is 1. The highest BCUT2D eigenvalue weighted by Crippen LogP contribution is 2.27. The van der Waals surface area contributed by atoms with Crippen LogP contribution in [0.25, 0.3) is 11.0 Å². The highest BCUT2D eigenvalue weighted by atomic mass is 16.3. The Bertz CT molecular complexity index is 466. The quantitative estimate of drug-likeness (QED) is 0.747. The normalized spacial score (nSPS) is 11.1. The van der Waals surface area contributed by atoms with Gasteiger partial charge in [0.1, 0.15) is 11.3 Å². The number of aromatic hydroxyl groups is 1. The van der Waals surface area contributed by atoms with E-state index in [9.17, 15) is 5.11 Å². The lowest BCUT2D eigenvalue weighted by Crippen LogP contribution is -1.93. The zero-order chi connectivity index (χ0) is 10.1. The van der Waals surface area contributed by atoms with E-state index < -0.39 is 0 Å². The number of fused-ring (bicyclic) bond motifs is 1. The fourth-order valence-electron chi connectivity index (χ4n) is 1.53. The van der Waals surface area contributed by atoms with Gasteiger partial charge < -0.3 is 5.11 Å². The van der Waals surface area contributed by atoms with Gasteiger partial charge in [-0.2, -0.15) is 0 Å². The van der Waals surface area contributed by atoms with Crippen molar-refractivity contribution in [2.75, 3.05) is 0 Å². The van der Waals surface area contributed by atoms with Gasteiger partial charge in [-0.05, 0) is 17.5 Å². The van der Waals surface area contributed by atoms with Crippen LogP contribution in [-0.4, -0.2) is 15.1 Å². The van der Waals surface area contributed by atoms with E-state index in [0.29, 0.717) is 11.4 Å². The van der Waals surface area contributed by atoms with E-state index in [2.05, 4.69) is 23.8 Å². The minimum Gasteiger partial charge on any atom is -0.506 e. The predicted molar refractivity (Wildman–Crippen MR) is 55.3 cm³/mol. The summed E-state index contributed by atoms with van der Waals surface area (Å²) < 4.78 is 0. The van der Waals surface area contributed by atoms with Crippen LogP contribution in [0.2, 0.25) is 0 Å². The second kappa shape index (κ2) is 3.25. The molecule has 0 atom stereocenters. The maximum atomic E-state index is 9.57. The van der Waals surface area contributed by atoms with Gasteiger partial charge in [-0.15, -0.1) is 0 Å². The van der Waals surface area contributed by atoms with Gasteiger partial charge in [0.2, 0.25) is 0 Å². The number of hydrogen-bond acceptors (Lipinski definition) is 3. The third-order valence-corrected chi connectivity index (χ3v) is 2.26. The van der Waals surface area contributed by atoms with E-state index in [0.717, 1.165) is 11.1 Å². The summed E-state index contributed by atoms with van der Waals surface area (Å²) in [5.74, 6) is 0.576. The van der Waals surface area contributed by atoms with Crippen LogP contribution in [0.1, 0.15) is 25.3 Å². The summed E-state index contributed by atoms with van der Waals surface area (Å²) in [6.45, 7) is 4.20. The molecule has 0 saturated carbocycles. The summed E-state index contributed by atoms with van der Waals surface area (Å²) >= 11 is 0. The third-order valence-electron chi connectivity index (χ3n) is 2.26. The number of hydrogen-bond donors (Lipinski definition) is 1. The molecule has 0 saturated heterocycles. The van der Waals surface area contributed by atoms with Gasteiger partial charge in [-0.3, -0.25) is 4.98 Å². The number of phenols is 1. The Balaban J connectivity index is 2.82. The highest BCUT2D eigenvalue weighted by Gasteiger charge is 2.09. The Morgan fingerprint density at radius 3 is 2.36 bits per heavy atom. The minimum atomic E-state index is 0.192. The van der Waals surface area contributed by atoms with Crippen molar-refractivity contribution in [1.82, 2.24) is 9.97 Å². The van der Waals surface area contributed by atoms with Crippen LogP contribution < -0.4 is 0 Å². The molecule has 0 spiro atoms. The van der Waals surface area contributed by atoms with Crippen LogP contribution in [0.4, 0.5) is 0 Å². The van der Waals surface area contributed by atoms with Crippen molar-refractivity contribution in [2.45, 2.75) is 19.8 Å². The third kappa shape index (κ3) is 1.31. The molecule has 0 aliphatic rings. The molecule has 1 heterocycles. The van der Waals surface area contributed by atoms with Crippen molar-refractivity contribution in [3.05, 3.63) is 30.1 Å². The fourth-order valence-corrected chi connectivity index (χ4v) is 1.53. The molecule has 3 nitrogen and oxygen atoms in total. The van der Waals surface area contributed by atoms with Crippen molar-refractivity contribution < 1.29 is 5.11 Å². The van der Waals surface area contributed by atoms with Crippen LogP contribution in [0, 0.1) is 0 Å². The average Bonchev–Trinajstić information content (AvgIpc) is 2.18. The Labute approximate surface area is 82.4 Å². The lowest BCUT2D eigenvalue weighted by molar-refractivity contribution is 0.480. The Morgan fingerprint density at radius 2 is 1.71 bits per heavy atom. The number of nitrogens with zero attached hydrogens (tertiary/aromatic N) is 2. The Hall–Kier alpha value is -1.64. The van der Waals surface area contributed by atoms with Crippen LogP contribution in [0.3, 0.4) is 0 Å². The molecule has 0 aliphatic heterocycles. The molecular weight excluding hydrogens is 176 g/mol. The molecule has 0 aliphatic carbocycles. The van der Waals surface area contributed by atoms with E-state index in [1.54, 1.807) is 18.5 Å². The molecule has 2 rings (SSSR count). The molecule has 0 unspecified atom stereocenters. The largest absolute Gasteiger partial charge is 0.506 e. The summed E-state index contributed by atoms with van der Waals surface area (Å²) in [6.07, 6.45) is 3.24. The first-order chi connectivity index (χ1) is 6.70. The second-order valence-corrected chi connectivity index (χ2v) is 3.58. The van der Waals surface area contributed by atoms with Gasteiger partial charge in [-0.25, -0.2) is 4.98 Å². The van der Waals surface area contributed by atoms with Gasteiger partial charge in [0.15, 0.2) is 0 Å². The lowest BCUT2D eigenvalue weighted by Gasteiger charge is -2.08. The van der Waals surface area contributed by atoms with E-state index in [1.165, 1.54) is 0 Å². The first kappa shape index (κ1) is 8.94.